The summed E-state index contributed by atoms with van der Waals surface area (Å²) in [5, 5.41) is 25.5. The van der Waals surface area contributed by atoms with E-state index in [-0.39, 0.29) is 25.2 Å². The van der Waals surface area contributed by atoms with Gasteiger partial charge in [-0.05, 0) is 24.7 Å². The van der Waals surface area contributed by atoms with Gasteiger partial charge in [0, 0.05) is 6.42 Å². The van der Waals surface area contributed by atoms with Gasteiger partial charge in [-0.25, -0.2) is 4.79 Å². The second-order valence-corrected chi connectivity index (χ2v) is 8.67. The highest BCUT2D eigenvalue weighted by Crippen LogP contribution is 2.12. The largest absolute Gasteiger partial charge is 0.481 e. The number of nitrogens with two attached hydrogens (primary N) is 2. The first-order valence-corrected chi connectivity index (χ1v) is 11.1. The molecule has 0 aliphatic heterocycles. The Kier molecular flexibility index (Phi) is 13.4. The average Bonchev–Trinajstić information content (AvgIpc) is 2.72. The lowest BCUT2D eigenvalue weighted by Gasteiger charge is -2.28. The molecule has 5 atom stereocenters. The van der Waals surface area contributed by atoms with Crippen molar-refractivity contribution in [3.05, 3.63) is 0 Å². The maximum atomic E-state index is 13.0. The van der Waals surface area contributed by atoms with E-state index in [1.807, 2.05) is 0 Å². The third-order valence-electron chi connectivity index (χ3n) is 5.16. The summed E-state index contributed by atoms with van der Waals surface area (Å²) in [6.45, 7) is 7.07. The number of carbonyl (C=O) groups excluding carboxylic acids is 4. The van der Waals surface area contributed by atoms with Crippen LogP contribution in [0.1, 0.15) is 59.8 Å². The Labute approximate surface area is 198 Å². The minimum Gasteiger partial charge on any atom is -0.481 e. The van der Waals surface area contributed by atoms with Crippen LogP contribution < -0.4 is 27.4 Å². The van der Waals surface area contributed by atoms with Gasteiger partial charge in [-0.2, -0.15) is 0 Å². The van der Waals surface area contributed by atoms with Crippen molar-refractivity contribution < 1.29 is 39.0 Å². The van der Waals surface area contributed by atoms with Gasteiger partial charge in [0.1, 0.15) is 18.1 Å². The molecule has 0 aliphatic carbocycles. The van der Waals surface area contributed by atoms with Crippen LogP contribution in [0.15, 0.2) is 0 Å². The average molecular weight is 488 g/mol. The lowest BCUT2D eigenvalue weighted by molar-refractivity contribution is -0.143. The highest BCUT2D eigenvalue weighted by Gasteiger charge is 2.33. The highest BCUT2D eigenvalue weighted by atomic mass is 16.4. The molecular formula is C21H37N5O8. The minimum atomic E-state index is -1.39. The summed E-state index contributed by atoms with van der Waals surface area (Å²) in [5.41, 5.74) is 10.6. The van der Waals surface area contributed by atoms with Crippen molar-refractivity contribution in [1.82, 2.24) is 16.0 Å². The van der Waals surface area contributed by atoms with Crippen LogP contribution >= 0.6 is 0 Å². The molecule has 0 saturated carbocycles. The second-order valence-electron chi connectivity index (χ2n) is 8.67. The Bertz CT molecular complexity index is 757. The Hall–Kier alpha value is -3.22. The van der Waals surface area contributed by atoms with Gasteiger partial charge < -0.3 is 37.6 Å². The molecule has 0 fully saturated rings. The molecule has 0 aromatic carbocycles. The first kappa shape index (κ1) is 30.8. The summed E-state index contributed by atoms with van der Waals surface area (Å²) in [6.07, 6.45) is -0.450. The normalized spacial score (nSPS) is 15.4. The zero-order valence-corrected chi connectivity index (χ0v) is 20.0. The van der Waals surface area contributed by atoms with Crippen molar-refractivity contribution >= 4 is 35.6 Å². The molecule has 0 aromatic heterocycles. The van der Waals surface area contributed by atoms with Crippen molar-refractivity contribution in [3.63, 3.8) is 0 Å². The number of primary amides is 1. The maximum absolute atomic E-state index is 13.0. The molecule has 0 radical (unpaired) electrons. The van der Waals surface area contributed by atoms with Crippen molar-refractivity contribution in [1.29, 1.82) is 0 Å². The molecule has 13 nitrogen and oxygen atoms in total. The maximum Gasteiger partial charge on any atom is 0.326 e. The van der Waals surface area contributed by atoms with Crippen LogP contribution in [0.25, 0.3) is 0 Å². The van der Waals surface area contributed by atoms with E-state index in [1.54, 1.807) is 27.7 Å². The zero-order chi connectivity index (χ0) is 26.6. The van der Waals surface area contributed by atoms with E-state index in [9.17, 15) is 33.9 Å². The number of carboxylic acid groups (broad SMARTS) is 2. The molecule has 0 rings (SSSR count). The SMILES string of the molecule is CCC(C)C(NC(=O)C(CC(C)C)NC(=O)C(N)CC(=O)O)C(=O)NC(CCC(N)=O)C(=O)O. The summed E-state index contributed by atoms with van der Waals surface area (Å²) >= 11 is 0. The van der Waals surface area contributed by atoms with Crippen molar-refractivity contribution in [2.24, 2.45) is 23.3 Å². The molecule has 34 heavy (non-hydrogen) atoms. The Morgan fingerprint density at radius 3 is 1.85 bits per heavy atom. The minimum absolute atomic E-state index is 0.0483. The quantitative estimate of drug-likeness (QED) is 0.137. The molecule has 0 heterocycles. The number of aliphatic carboxylic acids is 2. The van der Waals surface area contributed by atoms with E-state index in [0.717, 1.165) is 0 Å². The number of nitrogens with one attached hydrogen (secondary N) is 3. The third-order valence-corrected chi connectivity index (χ3v) is 5.16. The van der Waals surface area contributed by atoms with E-state index in [0.29, 0.717) is 6.42 Å². The summed E-state index contributed by atoms with van der Waals surface area (Å²) in [5.74, 6) is -6.10. The van der Waals surface area contributed by atoms with Gasteiger partial charge >= 0.3 is 11.9 Å². The predicted molar refractivity (Wildman–Crippen MR) is 121 cm³/mol. The Morgan fingerprint density at radius 2 is 1.41 bits per heavy atom. The van der Waals surface area contributed by atoms with E-state index >= 15 is 0 Å². The molecule has 4 amide bonds. The van der Waals surface area contributed by atoms with Crippen LogP contribution in [-0.2, 0) is 28.8 Å². The fourth-order valence-electron chi connectivity index (χ4n) is 3.02. The fourth-order valence-corrected chi connectivity index (χ4v) is 3.02. The van der Waals surface area contributed by atoms with E-state index in [4.69, 9.17) is 16.6 Å². The zero-order valence-electron chi connectivity index (χ0n) is 20.0. The van der Waals surface area contributed by atoms with Crippen molar-refractivity contribution in [3.8, 4) is 0 Å². The number of carbonyl (C=O) groups is 6. The van der Waals surface area contributed by atoms with Gasteiger partial charge in [-0.1, -0.05) is 34.1 Å². The van der Waals surface area contributed by atoms with E-state index in [2.05, 4.69) is 16.0 Å². The van der Waals surface area contributed by atoms with Crippen molar-refractivity contribution in [2.45, 2.75) is 84.0 Å². The number of hydrogen-bond acceptors (Lipinski definition) is 7. The second kappa shape index (κ2) is 14.8. The Balaban J connectivity index is 5.57. The monoisotopic (exact) mass is 487 g/mol. The standard InChI is InChI=1S/C21H37N5O8/c1-5-11(4)17(20(32)24-13(21(33)34)6-7-15(23)27)26-19(31)14(8-10(2)3)25-18(30)12(22)9-16(28)29/h10-14,17H,5-9,22H2,1-4H3,(H2,23,27)(H,24,32)(H,25,30)(H,26,31)(H,28,29)(H,33,34). The van der Waals surface area contributed by atoms with Crippen molar-refractivity contribution in [2.75, 3.05) is 0 Å². The number of rotatable bonds is 16. The summed E-state index contributed by atoms with van der Waals surface area (Å²) in [4.78, 5) is 71.4. The molecule has 0 aliphatic rings. The van der Waals surface area contributed by atoms with Crippen LogP contribution in [0.2, 0.25) is 0 Å². The molecule has 0 aromatic rings. The van der Waals surface area contributed by atoms with Gasteiger partial charge in [0.25, 0.3) is 0 Å². The molecular weight excluding hydrogens is 450 g/mol. The summed E-state index contributed by atoms with van der Waals surface area (Å²) < 4.78 is 0. The molecule has 0 spiro atoms. The van der Waals surface area contributed by atoms with Gasteiger partial charge in [-0.3, -0.25) is 24.0 Å². The number of hydrogen-bond donors (Lipinski definition) is 7. The van der Waals surface area contributed by atoms with Gasteiger partial charge in [0.05, 0.1) is 12.5 Å². The molecule has 5 unspecified atom stereocenters. The van der Waals surface area contributed by atoms with Gasteiger partial charge in [0.15, 0.2) is 0 Å². The van der Waals surface area contributed by atoms with Crippen LogP contribution in [0.5, 0.6) is 0 Å². The van der Waals surface area contributed by atoms with Crippen LogP contribution in [0.4, 0.5) is 0 Å². The third kappa shape index (κ3) is 11.6. The van der Waals surface area contributed by atoms with Gasteiger partial charge in [-0.15, -0.1) is 0 Å². The Morgan fingerprint density at radius 1 is 0.853 bits per heavy atom. The van der Waals surface area contributed by atoms with Gasteiger partial charge in [0.2, 0.25) is 23.6 Å². The number of amides is 4. The predicted octanol–water partition coefficient (Wildman–Crippen LogP) is -1.31. The lowest BCUT2D eigenvalue weighted by atomic mass is 9.96. The first-order valence-electron chi connectivity index (χ1n) is 11.1. The summed E-state index contributed by atoms with van der Waals surface area (Å²) in [7, 11) is 0. The molecule has 0 bridgehead atoms. The summed E-state index contributed by atoms with van der Waals surface area (Å²) in [6, 6.07) is -4.98. The lowest BCUT2D eigenvalue weighted by Crippen LogP contribution is -2.59. The molecule has 0 saturated heterocycles. The van der Waals surface area contributed by atoms with Crippen LogP contribution in [0, 0.1) is 11.8 Å². The fraction of sp³-hybridized carbons (Fsp3) is 0.714. The topological polar surface area (TPSA) is 231 Å². The van der Waals surface area contributed by atoms with Crippen LogP contribution in [0.3, 0.4) is 0 Å². The van der Waals surface area contributed by atoms with E-state index < -0.39 is 72.1 Å². The first-order chi connectivity index (χ1) is 15.7. The van der Waals surface area contributed by atoms with E-state index in [1.165, 1.54) is 0 Å². The van der Waals surface area contributed by atoms with Crippen LogP contribution in [-0.4, -0.2) is 69.9 Å². The molecule has 13 heteroatoms. The number of carboxylic acids is 2. The smallest absolute Gasteiger partial charge is 0.326 e. The molecule has 194 valence electrons. The highest BCUT2D eigenvalue weighted by molar-refractivity contribution is 5.95. The molecule has 9 N–H and O–H groups in total.